The zero-order valence-corrected chi connectivity index (χ0v) is 11.8. The van der Waals surface area contributed by atoms with E-state index in [0.29, 0.717) is 17.3 Å². The largest absolute Gasteiger partial charge is 0.380 e. The van der Waals surface area contributed by atoms with E-state index in [0.717, 1.165) is 18.1 Å². The van der Waals surface area contributed by atoms with Gasteiger partial charge < -0.3 is 10.1 Å². The minimum atomic E-state index is 0.0584. The molecule has 1 aliphatic heterocycles. The van der Waals surface area contributed by atoms with E-state index in [1.54, 1.807) is 0 Å². The molecule has 3 nitrogen and oxygen atoms in total. The molecule has 0 aliphatic carbocycles. The van der Waals surface area contributed by atoms with Crippen molar-refractivity contribution in [3.8, 4) is 0 Å². The van der Waals surface area contributed by atoms with Crippen LogP contribution in [0.2, 0.25) is 5.02 Å². The van der Waals surface area contributed by atoms with E-state index in [1.165, 1.54) is 11.8 Å². The van der Waals surface area contributed by atoms with Gasteiger partial charge in [-0.2, -0.15) is 0 Å². The van der Waals surface area contributed by atoms with Crippen molar-refractivity contribution in [1.82, 2.24) is 5.32 Å². The molecule has 1 aliphatic rings. The number of hydrogen-bond donors (Lipinski definition) is 1. The Kier molecular flexibility index (Phi) is 4.54. The lowest BCUT2D eigenvalue weighted by molar-refractivity contribution is -0.124. The number of rotatable bonds is 5. The van der Waals surface area contributed by atoms with Gasteiger partial charge in [-0.05, 0) is 24.3 Å². The van der Waals surface area contributed by atoms with E-state index in [2.05, 4.69) is 12.2 Å². The summed E-state index contributed by atoms with van der Waals surface area (Å²) in [5.41, 5.74) is 0.126. The highest BCUT2D eigenvalue weighted by atomic mass is 35.5. The SMILES string of the molecule is CC1(CNC(=O)CSc2ccc(Cl)cc2)COC1. The second-order valence-electron chi connectivity index (χ2n) is 4.82. The molecule has 0 radical (unpaired) electrons. The van der Waals surface area contributed by atoms with Crippen molar-refractivity contribution < 1.29 is 9.53 Å². The van der Waals surface area contributed by atoms with Crippen LogP contribution in [0.5, 0.6) is 0 Å². The molecule has 1 saturated heterocycles. The predicted molar refractivity (Wildman–Crippen MR) is 74.1 cm³/mol. The molecule has 0 saturated carbocycles. The van der Waals surface area contributed by atoms with Crippen molar-refractivity contribution in [2.24, 2.45) is 5.41 Å². The maximum absolute atomic E-state index is 11.7. The predicted octanol–water partition coefficient (Wildman–Crippen LogP) is 2.58. The van der Waals surface area contributed by atoms with E-state index in [4.69, 9.17) is 16.3 Å². The summed E-state index contributed by atoms with van der Waals surface area (Å²) in [4.78, 5) is 12.7. The summed E-state index contributed by atoms with van der Waals surface area (Å²) in [6, 6.07) is 7.49. The molecule has 18 heavy (non-hydrogen) atoms. The molecule has 1 amide bonds. The molecule has 0 aromatic heterocycles. The fraction of sp³-hybridized carbons (Fsp3) is 0.462. The van der Waals surface area contributed by atoms with Crippen LogP contribution < -0.4 is 5.32 Å². The number of carbonyl (C=O) groups excluding carboxylic acids is 1. The zero-order valence-electron chi connectivity index (χ0n) is 10.2. The van der Waals surface area contributed by atoms with Gasteiger partial charge in [-0.15, -0.1) is 11.8 Å². The number of thioether (sulfide) groups is 1. The Morgan fingerprint density at radius 3 is 2.67 bits per heavy atom. The van der Waals surface area contributed by atoms with E-state index in [9.17, 15) is 4.79 Å². The lowest BCUT2D eigenvalue weighted by Crippen LogP contribution is -2.48. The highest BCUT2D eigenvalue weighted by Gasteiger charge is 2.33. The van der Waals surface area contributed by atoms with Crippen molar-refractivity contribution in [3.05, 3.63) is 29.3 Å². The van der Waals surface area contributed by atoms with Crippen LogP contribution in [0.3, 0.4) is 0 Å². The van der Waals surface area contributed by atoms with Gasteiger partial charge in [-0.3, -0.25) is 4.79 Å². The summed E-state index contributed by atoms with van der Waals surface area (Å²) in [7, 11) is 0. The first kappa shape index (κ1) is 13.7. The van der Waals surface area contributed by atoms with Crippen molar-refractivity contribution in [2.75, 3.05) is 25.5 Å². The summed E-state index contributed by atoms with van der Waals surface area (Å²) in [6.07, 6.45) is 0. The first-order valence-electron chi connectivity index (χ1n) is 5.80. The number of carbonyl (C=O) groups is 1. The summed E-state index contributed by atoms with van der Waals surface area (Å²) < 4.78 is 5.14. The molecule has 1 heterocycles. The van der Waals surface area contributed by atoms with E-state index < -0.39 is 0 Å². The first-order valence-corrected chi connectivity index (χ1v) is 7.17. The van der Waals surface area contributed by atoms with Crippen LogP contribution in [0.4, 0.5) is 0 Å². The normalized spacial score (nSPS) is 17.0. The monoisotopic (exact) mass is 285 g/mol. The molecule has 5 heteroatoms. The highest BCUT2D eigenvalue weighted by molar-refractivity contribution is 8.00. The molecule has 0 spiro atoms. The van der Waals surface area contributed by atoms with Crippen LogP contribution in [0.1, 0.15) is 6.92 Å². The lowest BCUT2D eigenvalue weighted by Gasteiger charge is -2.38. The Bertz CT molecular complexity index is 418. The average molecular weight is 286 g/mol. The standard InChI is InChI=1S/C13H16ClNO2S/c1-13(8-17-9-13)7-15-12(16)6-18-11-4-2-10(14)3-5-11/h2-5H,6-9H2,1H3,(H,15,16). The molecular weight excluding hydrogens is 270 g/mol. The van der Waals surface area contributed by atoms with Crippen LogP contribution in [0.15, 0.2) is 29.2 Å². The van der Waals surface area contributed by atoms with Crippen molar-refractivity contribution >= 4 is 29.3 Å². The maximum atomic E-state index is 11.7. The summed E-state index contributed by atoms with van der Waals surface area (Å²) in [5, 5.41) is 3.65. The molecule has 0 bridgehead atoms. The molecule has 0 atom stereocenters. The fourth-order valence-corrected chi connectivity index (χ4v) is 2.45. The maximum Gasteiger partial charge on any atom is 0.230 e. The third-order valence-corrected chi connectivity index (χ3v) is 4.06. The molecule has 1 aromatic carbocycles. The van der Waals surface area contributed by atoms with Gasteiger partial charge in [0, 0.05) is 21.9 Å². The van der Waals surface area contributed by atoms with Gasteiger partial charge in [0.15, 0.2) is 0 Å². The number of nitrogens with one attached hydrogen (secondary N) is 1. The summed E-state index contributed by atoms with van der Waals surface area (Å²) in [6.45, 7) is 4.27. The number of amides is 1. The van der Waals surface area contributed by atoms with Gasteiger partial charge >= 0.3 is 0 Å². The van der Waals surface area contributed by atoms with Crippen LogP contribution in [0.25, 0.3) is 0 Å². The molecule has 1 fully saturated rings. The number of ether oxygens (including phenoxy) is 1. The summed E-state index contributed by atoms with van der Waals surface area (Å²) >= 11 is 7.31. The topological polar surface area (TPSA) is 38.3 Å². The van der Waals surface area contributed by atoms with Crippen molar-refractivity contribution in [3.63, 3.8) is 0 Å². The smallest absolute Gasteiger partial charge is 0.230 e. The van der Waals surface area contributed by atoms with Crippen LogP contribution >= 0.6 is 23.4 Å². The Hall–Kier alpha value is -0.710. The average Bonchev–Trinajstić information content (AvgIpc) is 2.33. The third kappa shape index (κ3) is 3.90. The van der Waals surface area contributed by atoms with E-state index in [-0.39, 0.29) is 11.3 Å². The molecule has 2 rings (SSSR count). The second-order valence-corrected chi connectivity index (χ2v) is 6.31. The molecule has 98 valence electrons. The van der Waals surface area contributed by atoms with Crippen LogP contribution in [0, 0.1) is 5.41 Å². The zero-order chi connectivity index (χ0) is 13.0. The molecule has 1 aromatic rings. The minimum Gasteiger partial charge on any atom is -0.380 e. The number of benzene rings is 1. The van der Waals surface area contributed by atoms with Crippen molar-refractivity contribution in [2.45, 2.75) is 11.8 Å². The van der Waals surface area contributed by atoms with Gasteiger partial charge in [-0.1, -0.05) is 18.5 Å². The van der Waals surface area contributed by atoms with E-state index in [1.807, 2.05) is 24.3 Å². The quantitative estimate of drug-likeness (QED) is 0.845. The van der Waals surface area contributed by atoms with Crippen molar-refractivity contribution in [1.29, 1.82) is 0 Å². The summed E-state index contributed by atoms with van der Waals surface area (Å²) in [5.74, 6) is 0.488. The first-order chi connectivity index (χ1) is 8.57. The van der Waals surface area contributed by atoms with Gasteiger partial charge in [0.2, 0.25) is 5.91 Å². The molecule has 1 N–H and O–H groups in total. The molecular formula is C13H16ClNO2S. The van der Waals surface area contributed by atoms with Gasteiger partial charge in [-0.25, -0.2) is 0 Å². The number of hydrogen-bond acceptors (Lipinski definition) is 3. The Morgan fingerprint density at radius 2 is 2.11 bits per heavy atom. The third-order valence-electron chi connectivity index (χ3n) is 2.80. The van der Waals surface area contributed by atoms with Gasteiger partial charge in [0.05, 0.1) is 19.0 Å². The second kappa shape index (κ2) is 5.95. The van der Waals surface area contributed by atoms with Gasteiger partial charge in [0.1, 0.15) is 0 Å². The Balaban J connectivity index is 1.69. The lowest BCUT2D eigenvalue weighted by atomic mass is 9.89. The van der Waals surface area contributed by atoms with Crippen LogP contribution in [-0.2, 0) is 9.53 Å². The Morgan fingerprint density at radius 1 is 1.44 bits per heavy atom. The van der Waals surface area contributed by atoms with Crippen LogP contribution in [-0.4, -0.2) is 31.4 Å². The van der Waals surface area contributed by atoms with E-state index >= 15 is 0 Å². The fourth-order valence-electron chi connectivity index (χ4n) is 1.60. The minimum absolute atomic E-state index is 0.0584. The highest BCUT2D eigenvalue weighted by Crippen LogP contribution is 2.25. The number of halogens is 1. The molecule has 0 unspecified atom stereocenters. The Labute approximate surface area is 116 Å². The van der Waals surface area contributed by atoms with Gasteiger partial charge in [0.25, 0.3) is 0 Å².